The molecular formula is C25H23N. The van der Waals surface area contributed by atoms with Crippen molar-refractivity contribution in [3.8, 4) is 0 Å². The number of hydrogen-bond acceptors (Lipinski definition) is 1. The molecule has 1 unspecified atom stereocenters. The van der Waals surface area contributed by atoms with Crippen LogP contribution in [0.5, 0.6) is 0 Å². The molecule has 1 nitrogen and oxygen atoms in total. The molecule has 3 aromatic rings. The van der Waals surface area contributed by atoms with Gasteiger partial charge in [-0.3, -0.25) is 5.41 Å². The first-order chi connectivity index (χ1) is 12.6. The molecule has 0 amide bonds. The van der Waals surface area contributed by atoms with Crippen molar-refractivity contribution in [2.24, 2.45) is 5.92 Å². The van der Waals surface area contributed by atoms with Gasteiger partial charge in [-0.1, -0.05) is 85.3 Å². The van der Waals surface area contributed by atoms with E-state index in [9.17, 15) is 0 Å². The van der Waals surface area contributed by atoms with Crippen LogP contribution in [0.15, 0.2) is 84.0 Å². The van der Waals surface area contributed by atoms with Gasteiger partial charge in [0.05, 0.1) is 5.71 Å². The molecule has 3 aromatic carbocycles. The van der Waals surface area contributed by atoms with Gasteiger partial charge in [-0.15, -0.1) is 0 Å². The topological polar surface area (TPSA) is 23.9 Å². The standard InChI is InChI=1S/C25H23N/c1-16-15-17(2)23(18(16)3)22-14-13-19-9-7-8-12-21(19)24(22)25(26)20-10-5-4-6-11-20/h4-15,17,26H,1-3H3. The maximum atomic E-state index is 9.00. The molecule has 0 heterocycles. The van der Waals surface area contributed by atoms with E-state index in [4.69, 9.17) is 5.41 Å². The van der Waals surface area contributed by atoms with Crippen molar-refractivity contribution in [3.63, 3.8) is 0 Å². The highest BCUT2D eigenvalue weighted by molar-refractivity contribution is 6.20. The molecule has 0 saturated carbocycles. The third kappa shape index (κ3) is 2.61. The highest BCUT2D eigenvalue weighted by Crippen LogP contribution is 2.41. The number of hydrogen-bond donors (Lipinski definition) is 1. The van der Waals surface area contributed by atoms with E-state index in [0.29, 0.717) is 11.6 Å². The number of allylic oxidation sites excluding steroid dienone is 4. The summed E-state index contributed by atoms with van der Waals surface area (Å²) >= 11 is 0. The number of benzene rings is 3. The second-order valence-corrected chi connectivity index (χ2v) is 7.13. The zero-order chi connectivity index (χ0) is 18.3. The molecule has 0 radical (unpaired) electrons. The van der Waals surface area contributed by atoms with Crippen LogP contribution >= 0.6 is 0 Å². The number of fused-ring (bicyclic) bond motifs is 1. The maximum absolute atomic E-state index is 9.00. The Balaban J connectivity index is 2.02. The Morgan fingerprint density at radius 1 is 0.846 bits per heavy atom. The lowest BCUT2D eigenvalue weighted by atomic mass is 9.85. The third-order valence-corrected chi connectivity index (χ3v) is 5.48. The van der Waals surface area contributed by atoms with Gasteiger partial charge in [0.25, 0.3) is 0 Å². The fourth-order valence-corrected chi connectivity index (χ4v) is 4.10. The minimum absolute atomic E-state index is 0.374. The largest absolute Gasteiger partial charge is 0.300 e. The Morgan fingerprint density at radius 3 is 2.23 bits per heavy atom. The van der Waals surface area contributed by atoms with Crippen molar-refractivity contribution in [2.45, 2.75) is 20.8 Å². The Bertz CT molecular complexity index is 1070. The summed E-state index contributed by atoms with van der Waals surface area (Å²) in [4.78, 5) is 0. The van der Waals surface area contributed by atoms with Crippen LogP contribution in [0.4, 0.5) is 0 Å². The van der Waals surface area contributed by atoms with E-state index in [0.717, 1.165) is 16.5 Å². The van der Waals surface area contributed by atoms with E-state index in [-0.39, 0.29) is 0 Å². The van der Waals surface area contributed by atoms with Gasteiger partial charge in [0.2, 0.25) is 0 Å². The molecule has 4 rings (SSSR count). The summed E-state index contributed by atoms with van der Waals surface area (Å²) in [6.45, 7) is 6.64. The zero-order valence-electron chi connectivity index (χ0n) is 15.5. The van der Waals surface area contributed by atoms with Crippen LogP contribution in [0.3, 0.4) is 0 Å². The number of rotatable bonds is 3. The fourth-order valence-electron chi connectivity index (χ4n) is 4.10. The molecule has 0 aromatic heterocycles. The first kappa shape index (κ1) is 16.5. The molecule has 1 aliphatic carbocycles. The van der Waals surface area contributed by atoms with Crippen molar-refractivity contribution < 1.29 is 0 Å². The van der Waals surface area contributed by atoms with Crippen LogP contribution in [0, 0.1) is 11.3 Å². The lowest BCUT2D eigenvalue weighted by molar-refractivity contribution is 0.975. The van der Waals surface area contributed by atoms with Gasteiger partial charge in [0, 0.05) is 17.0 Å². The van der Waals surface area contributed by atoms with E-state index >= 15 is 0 Å². The Morgan fingerprint density at radius 2 is 1.54 bits per heavy atom. The predicted octanol–water partition coefficient (Wildman–Crippen LogP) is 6.63. The highest BCUT2D eigenvalue weighted by atomic mass is 14.4. The summed E-state index contributed by atoms with van der Waals surface area (Å²) in [7, 11) is 0. The lowest BCUT2D eigenvalue weighted by Crippen LogP contribution is -2.08. The van der Waals surface area contributed by atoms with Crippen molar-refractivity contribution >= 4 is 22.1 Å². The van der Waals surface area contributed by atoms with E-state index < -0.39 is 0 Å². The minimum Gasteiger partial charge on any atom is -0.300 e. The quantitative estimate of drug-likeness (QED) is 0.519. The van der Waals surface area contributed by atoms with Crippen LogP contribution in [-0.2, 0) is 0 Å². The molecule has 1 aliphatic rings. The first-order valence-electron chi connectivity index (χ1n) is 9.14. The van der Waals surface area contributed by atoms with Crippen molar-refractivity contribution in [3.05, 3.63) is 101 Å². The minimum atomic E-state index is 0.374. The van der Waals surface area contributed by atoms with Crippen molar-refractivity contribution in [2.75, 3.05) is 0 Å². The average molecular weight is 337 g/mol. The van der Waals surface area contributed by atoms with Crippen LogP contribution in [-0.4, -0.2) is 5.71 Å². The normalized spacial score (nSPS) is 16.9. The molecule has 1 N–H and O–H groups in total. The molecule has 1 atom stereocenters. The van der Waals surface area contributed by atoms with E-state index in [2.05, 4.69) is 63.2 Å². The average Bonchev–Trinajstić information content (AvgIpc) is 2.93. The Labute approximate surface area is 155 Å². The molecule has 0 fully saturated rings. The lowest BCUT2D eigenvalue weighted by Gasteiger charge is -2.19. The van der Waals surface area contributed by atoms with Gasteiger partial charge in [-0.25, -0.2) is 0 Å². The first-order valence-corrected chi connectivity index (χ1v) is 9.14. The zero-order valence-corrected chi connectivity index (χ0v) is 15.5. The van der Waals surface area contributed by atoms with E-state index in [1.165, 1.54) is 27.7 Å². The summed E-state index contributed by atoms with van der Waals surface area (Å²) in [5.41, 5.74) is 7.82. The number of nitrogens with one attached hydrogen (secondary N) is 1. The Kier molecular flexibility index (Phi) is 4.08. The van der Waals surface area contributed by atoms with Crippen LogP contribution in [0.1, 0.15) is 37.5 Å². The molecule has 0 spiro atoms. The van der Waals surface area contributed by atoms with E-state index in [1.807, 2.05) is 30.3 Å². The smallest absolute Gasteiger partial charge is 0.0696 e. The fraction of sp³-hybridized carbons (Fsp3) is 0.160. The molecule has 0 bridgehead atoms. The predicted molar refractivity (Wildman–Crippen MR) is 112 cm³/mol. The maximum Gasteiger partial charge on any atom is 0.0696 e. The second-order valence-electron chi connectivity index (χ2n) is 7.13. The van der Waals surface area contributed by atoms with Crippen LogP contribution in [0.25, 0.3) is 16.3 Å². The summed E-state index contributed by atoms with van der Waals surface area (Å²) in [6.07, 6.45) is 2.33. The van der Waals surface area contributed by atoms with Gasteiger partial charge < -0.3 is 0 Å². The summed E-state index contributed by atoms with van der Waals surface area (Å²) in [5.74, 6) is 0.374. The van der Waals surface area contributed by atoms with Crippen LogP contribution < -0.4 is 0 Å². The molecule has 26 heavy (non-hydrogen) atoms. The molecule has 1 heteroatoms. The van der Waals surface area contributed by atoms with E-state index in [1.54, 1.807) is 0 Å². The summed E-state index contributed by atoms with van der Waals surface area (Å²) in [6, 6.07) is 22.8. The molecule has 128 valence electrons. The molecule has 0 aliphatic heterocycles. The third-order valence-electron chi connectivity index (χ3n) is 5.48. The van der Waals surface area contributed by atoms with Crippen molar-refractivity contribution in [1.29, 1.82) is 5.41 Å². The summed E-state index contributed by atoms with van der Waals surface area (Å²) in [5, 5.41) is 11.3. The molecular weight excluding hydrogens is 314 g/mol. The Hall–Kier alpha value is -2.93. The van der Waals surface area contributed by atoms with Gasteiger partial charge in [0.1, 0.15) is 0 Å². The molecule has 0 saturated heterocycles. The second kappa shape index (κ2) is 6.42. The highest BCUT2D eigenvalue weighted by Gasteiger charge is 2.24. The van der Waals surface area contributed by atoms with Crippen molar-refractivity contribution in [1.82, 2.24) is 0 Å². The SMILES string of the molecule is CC1=CC(C)C(c2ccc3ccccc3c2C(=N)c2ccccc2)=C1C. The van der Waals surface area contributed by atoms with Crippen LogP contribution in [0.2, 0.25) is 0 Å². The van der Waals surface area contributed by atoms with Gasteiger partial charge in [-0.2, -0.15) is 0 Å². The van der Waals surface area contributed by atoms with Gasteiger partial charge in [-0.05, 0) is 41.3 Å². The van der Waals surface area contributed by atoms with Gasteiger partial charge in [0.15, 0.2) is 0 Å². The monoisotopic (exact) mass is 337 g/mol. The van der Waals surface area contributed by atoms with Gasteiger partial charge >= 0.3 is 0 Å². The summed E-state index contributed by atoms with van der Waals surface area (Å²) < 4.78 is 0.